The molecule has 0 spiro atoms. The lowest BCUT2D eigenvalue weighted by molar-refractivity contribution is -0.134. The maximum absolute atomic E-state index is 17.2. The van der Waals surface area contributed by atoms with E-state index >= 15 is 4.39 Å². The Balaban J connectivity index is 1.21. The zero-order valence-corrected chi connectivity index (χ0v) is 31.0. The number of halogens is 4. The number of ether oxygens (including phenoxy) is 1. The number of amides is 1. The van der Waals surface area contributed by atoms with Crippen LogP contribution in [-0.4, -0.2) is 45.6 Å². The van der Waals surface area contributed by atoms with Crippen molar-refractivity contribution in [3.05, 3.63) is 98.3 Å². The van der Waals surface area contributed by atoms with Gasteiger partial charge in [0, 0.05) is 71.2 Å². The quantitative estimate of drug-likeness (QED) is 0.161. The number of aryl methyl sites for hydroxylation is 2. The molecule has 0 radical (unpaired) electrons. The summed E-state index contributed by atoms with van der Waals surface area (Å²) in [6.07, 6.45) is 3.34. The van der Waals surface area contributed by atoms with Crippen LogP contribution in [0.25, 0.3) is 32.9 Å². The molecule has 5 unspecified atom stereocenters. The van der Waals surface area contributed by atoms with Gasteiger partial charge in [0.05, 0.1) is 58.1 Å². The van der Waals surface area contributed by atoms with Gasteiger partial charge in [-0.05, 0) is 86.1 Å². The van der Waals surface area contributed by atoms with Gasteiger partial charge < -0.3 is 19.5 Å². The summed E-state index contributed by atoms with van der Waals surface area (Å²) in [5.74, 6) is -0.543. The van der Waals surface area contributed by atoms with Crippen molar-refractivity contribution in [1.29, 1.82) is 10.5 Å². The van der Waals surface area contributed by atoms with Crippen molar-refractivity contribution >= 4 is 50.9 Å². The monoisotopic (exact) mass is 764 g/mol. The maximum atomic E-state index is 17.2. The van der Waals surface area contributed by atoms with E-state index in [0.717, 1.165) is 42.4 Å². The molecule has 2 saturated carbocycles. The van der Waals surface area contributed by atoms with Gasteiger partial charge in [-0.3, -0.25) is 4.79 Å². The van der Waals surface area contributed by atoms with Crippen molar-refractivity contribution < 1.29 is 18.3 Å². The third-order valence-corrected chi connectivity index (χ3v) is 12.7. The Morgan fingerprint density at radius 2 is 1.91 bits per heavy atom. The highest BCUT2D eigenvalue weighted by Crippen LogP contribution is 2.51. The molecule has 5 aliphatic rings. The number of carbonyl (C=O) groups excluding carboxylic acids is 1. The third-order valence-electron chi connectivity index (χ3n) is 11.9. The zero-order valence-electron chi connectivity index (χ0n) is 29.5. The van der Waals surface area contributed by atoms with Crippen LogP contribution in [-0.2, 0) is 22.6 Å². The number of aromatic nitrogens is 2. The highest BCUT2D eigenvalue weighted by molar-refractivity contribution is 6.43. The molecule has 2 aromatic heterocycles. The van der Waals surface area contributed by atoms with Gasteiger partial charge in [0.15, 0.2) is 5.82 Å². The molecule has 5 fully saturated rings. The Kier molecular flexibility index (Phi) is 8.86. The number of rotatable bonds is 9. The summed E-state index contributed by atoms with van der Waals surface area (Å²) in [6.45, 7) is 3.16. The minimum Gasteiger partial charge on any atom is -0.372 e. The van der Waals surface area contributed by atoms with E-state index in [-0.39, 0.29) is 65.2 Å². The highest BCUT2D eigenvalue weighted by Gasteiger charge is 2.51. The molecule has 2 aliphatic carbocycles. The van der Waals surface area contributed by atoms with Gasteiger partial charge in [0.2, 0.25) is 5.91 Å². The minimum atomic E-state index is -0.521. The topological polar surface area (TPSA) is 107 Å². The molecule has 12 heteroatoms. The number of likely N-dealkylation sites (tertiary alicyclic amines) is 1. The number of carbonyl (C=O) groups is 1. The Hall–Kier alpha value is -4.58. The standard InChI is InChI=1S/C42H36Cl2F2N6O2/c1-21-30-16-35(34-15-28(19-51(34)42(53)22-7-8-22)54-20-26-12-27(45)10-9-24(26)17-48)52(40-25-14-33(40)49-18-25)41(30)31-13-23(4-3-11-47)36(38(46)39(31)50-21)29-5-2-6-32(43)37(29)44/h2,5-6,9-10,12-13,16,22,25,28,33-34,40,49H,3-4,7-8,14-15,18-20H2,1H3. The number of nitrogens with zero attached hydrogens (tertiary/aromatic N) is 5. The fourth-order valence-corrected chi connectivity index (χ4v) is 9.50. The van der Waals surface area contributed by atoms with E-state index < -0.39 is 11.6 Å². The number of benzene rings is 3. The first-order chi connectivity index (χ1) is 26.2. The number of pyridine rings is 1. The third kappa shape index (κ3) is 5.74. The van der Waals surface area contributed by atoms with Crippen LogP contribution in [0.15, 0.2) is 48.5 Å². The van der Waals surface area contributed by atoms with Gasteiger partial charge in [-0.25, -0.2) is 13.8 Å². The molecule has 3 aromatic carbocycles. The minimum absolute atomic E-state index is 0.0307. The predicted octanol–water partition coefficient (Wildman–Crippen LogP) is 8.88. The van der Waals surface area contributed by atoms with Crippen molar-refractivity contribution in [1.82, 2.24) is 19.8 Å². The number of nitrogens with one attached hydrogen (secondary N) is 1. The van der Waals surface area contributed by atoms with Crippen LogP contribution in [0.2, 0.25) is 10.0 Å². The molecule has 8 nitrogen and oxygen atoms in total. The summed E-state index contributed by atoms with van der Waals surface area (Å²) >= 11 is 13.1. The average Bonchev–Trinajstić information content (AvgIpc) is 3.45. The van der Waals surface area contributed by atoms with E-state index in [4.69, 9.17) is 32.9 Å². The molecule has 1 amide bonds. The second-order valence-corrected chi connectivity index (χ2v) is 15.9. The SMILES string of the molecule is Cc1nc2c(F)c(-c3cccc(Cl)c3Cl)c(CCC#N)cc2c2c1cc(C1CC(OCc3cc(F)ccc3C#N)CN1C(=O)C1CC1)n2C1C2CNC1C2. The second kappa shape index (κ2) is 13.6. The first-order valence-corrected chi connectivity index (χ1v) is 19.2. The predicted molar refractivity (Wildman–Crippen MR) is 202 cm³/mol. The van der Waals surface area contributed by atoms with E-state index in [2.05, 4.69) is 28.1 Å². The van der Waals surface area contributed by atoms with Crippen molar-refractivity contribution in [3.8, 4) is 23.3 Å². The summed E-state index contributed by atoms with van der Waals surface area (Å²) in [6, 6.07) is 17.6. The smallest absolute Gasteiger partial charge is 0.226 e. The molecular weight excluding hydrogens is 729 g/mol. The summed E-state index contributed by atoms with van der Waals surface area (Å²) in [4.78, 5) is 20.9. The van der Waals surface area contributed by atoms with Crippen LogP contribution in [0.1, 0.15) is 72.3 Å². The normalized spacial score (nSPS) is 23.2. The summed E-state index contributed by atoms with van der Waals surface area (Å²) in [7, 11) is 0. The van der Waals surface area contributed by atoms with E-state index in [1.807, 2.05) is 17.9 Å². The molecule has 5 aromatic rings. The van der Waals surface area contributed by atoms with E-state index in [1.54, 1.807) is 18.2 Å². The first-order valence-electron chi connectivity index (χ1n) is 18.5. The van der Waals surface area contributed by atoms with Crippen molar-refractivity contribution in [2.24, 2.45) is 11.8 Å². The molecule has 3 aliphatic heterocycles. The van der Waals surface area contributed by atoms with Crippen LogP contribution in [0, 0.1) is 53.1 Å². The summed E-state index contributed by atoms with van der Waals surface area (Å²) < 4.78 is 40.1. The Morgan fingerprint density at radius 1 is 1.07 bits per heavy atom. The molecule has 10 rings (SSSR count). The van der Waals surface area contributed by atoms with Gasteiger partial charge >= 0.3 is 0 Å². The summed E-state index contributed by atoms with van der Waals surface area (Å²) in [5.41, 5.74) is 4.86. The average molecular weight is 766 g/mol. The largest absolute Gasteiger partial charge is 0.372 e. The number of hydrogen-bond donors (Lipinski definition) is 1. The van der Waals surface area contributed by atoms with Crippen LogP contribution in [0.4, 0.5) is 8.78 Å². The highest BCUT2D eigenvalue weighted by atomic mass is 35.5. The number of nitriles is 2. The van der Waals surface area contributed by atoms with Gasteiger partial charge in [0.1, 0.15) is 11.3 Å². The fraction of sp³-hybridized carbons (Fsp3) is 0.381. The zero-order chi connectivity index (χ0) is 37.4. The van der Waals surface area contributed by atoms with E-state index in [0.29, 0.717) is 63.7 Å². The lowest BCUT2D eigenvalue weighted by atomic mass is 9.79. The van der Waals surface area contributed by atoms with Crippen LogP contribution in [0.5, 0.6) is 0 Å². The maximum Gasteiger partial charge on any atom is 0.226 e. The Labute approximate surface area is 321 Å². The first kappa shape index (κ1) is 35.1. The molecule has 5 heterocycles. The van der Waals surface area contributed by atoms with Crippen molar-refractivity contribution in [2.75, 3.05) is 13.1 Å². The second-order valence-electron chi connectivity index (χ2n) is 15.1. The van der Waals surface area contributed by atoms with Crippen molar-refractivity contribution in [3.63, 3.8) is 0 Å². The Bertz CT molecular complexity index is 2450. The van der Waals surface area contributed by atoms with Gasteiger partial charge in [-0.1, -0.05) is 35.3 Å². The Morgan fingerprint density at radius 3 is 2.63 bits per heavy atom. The van der Waals surface area contributed by atoms with E-state index in [1.165, 1.54) is 18.2 Å². The fourth-order valence-electron chi connectivity index (χ4n) is 9.10. The lowest BCUT2D eigenvalue weighted by Gasteiger charge is -2.39. The molecule has 54 heavy (non-hydrogen) atoms. The van der Waals surface area contributed by atoms with Gasteiger partial charge in [-0.15, -0.1) is 0 Å². The molecule has 2 bridgehead atoms. The molecule has 274 valence electrons. The molecular formula is C42H36Cl2F2N6O2. The number of hydrogen-bond acceptors (Lipinski definition) is 6. The molecule has 3 saturated heterocycles. The van der Waals surface area contributed by atoms with Crippen molar-refractivity contribution in [2.45, 2.75) is 76.3 Å². The van der Waals surface area contributed by atoms with Crippen LogP contribution < -0.4 is 5.32 Å². The molecule has 5 atom stereocenters. The lowest BCUT2D eigenvalue weighted by Crippen LogP contribution is -2.41. The molecule has 1 N–H and O–H groups in total. The van der Waals surface area contributed by atoms with Gasteiger partial charge in [-0.2, -0.15) is 10.5 Å². The van der Waals surface area contributed by atoms with Crippen LogP contribution in [0.3, 0.4) is 0 Å². The van der Waals surface area contributed by atoms with Gasteiger partial charge in [0.25, 0.3) is 0 Å². The summed E-state index contributed by atoms with van der Waals surface area (Å²) in [5, 5.41) is 25.0. The van der Waals surface area contributed by atoms with E-state index in [9.17, 15) is 19.7 Å². The van der Waals surface area contributed by atoms with Crippen LogP contribution >= 0.6 is 23.2 Å². The number of fused-ring (bicyclic) bond motifs is 4.